The second-order valence-electron chi connectivity index (χ2n) is 1.93. The molecule has 0 aliphatic carbocycles. The zero-order valence-corrected chi connectivity index (χ0v) is 7.56. The summed E-state index contributed by atoms with van der Waals surface area (Å²) in [4.78, 5) is 10.2. The van der Waals surface area contributed by atoms with Gasteiger partial charge in [0.1, 0.15) is 4.88 Å². The van der Waals surface area contributed by atoms with Crippen molar-refractivity contribution in [1.82, 2.24) is 0 Å². The fourth-order valence-electron chi connectivity index (χ4n) is 0.590. The minimum Gasteiger partial charge on any atom is -0.477 e. The van der Waals surface area contributed by atoms with Crippen LogP contribution >= 0.6 is 11.3 Å². The summed E-state index contributed by atoms with van der Waals surface area (Å²) in [6.07, 6.45) is 0. The van der Waals surface area contributed by atoms with Crippen molar-refractivity contribution < 1.29 is 26.4 Å². The molecule has 0 atom stereocenters. The van der Waals surface area contributed by atoms with Crippen LogP contribution in [0.2, 0.25) is 0 Å². The van der Waals surface area contributed by atoms with Gasteiger partial charge in [-0.1, -0.05) is 3.89 Å². The summed E-state index contributed by atoms with van der Waals surface area (Å²) >= 11 is 0.743. The molecule has 0 aliphatic rings. The van der Waals surface area contributed by atoms with Crippen molar-refractivity contribution in [3.63, 3.8) is 0 Å². The smallest absolute Gasteiger partial charge is 0.477 e. The van der Waals surface area contributed by atoms with Crippen LogP contribution in [0.4, 0.5) is 3.89 Å². The van der Waals surface area contributed by atoms with E-state index in [0.717, 1.165) is 22.8 Å². The zero-order chi connectivity index (χ0) is 10.1. The maximum absolute atomic E-state index is 11.9. The van der Waals surface area contributed by atoms with Crippen LogP contribution in [-0.4, -0.2) is 19.5 Å². The van der Waals surface area contributed by atoms with Gasteiger partial charge in [0.25, 0.3) is 0 Å². The number of carbonyl (C=O) groups is 1. The van der Waals surface area contributed by atoms with Gasteiger partial charge in [0, 0.05) is 11.4 Å². The first-order chi connectivity index (χ1) is 5.88. The minimum absolute atomic E-state index is 0.126. The lowest BCUT2D eigenvalue weighted by molar-refractivity contribution is 0.0702. The molecule has 13 heavy (non-hydrogen) atoms. The van der Waals surface area contributed by atoms with E-state index >= 15 is 0 Å². The summed E-state index contributed by atoms with van der Waals surface area (Å²) in [6, 6.07) is 0.921. The molecular weight excluding hydrogens is 223 g/mol. The van der Waals surface area contributed by atoms with Gasteiger partial charge in [0.2, 0.25) is 0 Å². The summed E-state index contributed by atoms with van der Waals surface area (Å²) in [5.41, 5.74) is 0. The maximum atomic E-state index is 11.9. The second kappa shape index (κ2) is 3.30. The van der Waals surface area contributed by atoms with Crippen molar-refractivity contribution in [3.05, 3.63) is 16.3 Å². The summed E-state index contributed by atoms with van der Waals surface area (Å²) in [5.74, 6) is -1.57. The van der Waals surface area contributed by atoms with E-state index in [2.05, 4.69) is 4.18 Å². The van der Waals surface area contributed by atoms with E-state index in [1.165, 1.54) is 0 Å². The SMILES string of the molecule is O=C(O)c1cc(OS(=O)(=O)F)cs1. The van der Waals surface area contributed by atoms with E-state index in [0.29, 0.717) is 0 Å². The largest absolute Gasteiger partial charge is 0.488 e. The van der Waals surface area contributed by atoms with E-state index in [4.69, 9.17) is 5.11 Å². The fraction of sp³-hybridized carbons (Fsp3) is 0. The van der Waals surface area contributed by atoms with Crippen molar-refractivity contribution in [2.75, 3.05) is 0 Å². The highest BCUT2D eigenvalue weighted by molar-refractivity contribution is 7.81. The molecule has 0 radical (unpaired) electrons. The molecule has 0 unspecified atom stereocenters. The van der Waals surface area contributed by atoms with Crippen LogP contribution in [0.5, 0.6) is 5.75 Å². The third kappa shape index (κ3) is 2.99. The van der Waals surface area contributed by atoms with E-state index < -0.39 is 16.5 Å². The standard InChI is InChI=1S/C5H3FO5S2/c6-13(9,10)11-3-1-4(5(7)8)12-2-3/h1-2H,(H,7,8). The number of hydrogen-bond donors (Lipinski definition) is 1. The van der Waals surface area contributed by atoms with Crippen LogP contribution in [0.1, 0.15) is 9.67 Å². The average Bonchev–Trinajstić information content (AvgIpc) is 2.31. The average molecular weight is 226 g/mol. The van der Waals surface area contributed by atoms with Gasteiger partial charge in [-0.3, -0.25) is 0 Å². The molecule has 8 heteroatoms. The lowest BCUT2D eigenvalue weighted by Crippen LogP contribution is -2.00. The number of rotatable bonds is 3. The Morgan fingerprint density at radius 1 is 1.62 bits per heavy atom. The quantitative estimate of drug-likeness (QED) is 0.779. The zero-order valence-electron chi connectivity index (χ0n) is 5.93. The van der Waals surface area contributed by atoms with Crippen molar-refractivity contribution in [2.24, 2.45) is 0 Å². The third-order valence-corrected chi connectivity index (χ3v) is 2.27. The number of thiophene rings is 1. The van der Waals surface area contributed by atoms with Crippen molar-refractivity contribution >= 4 is 27.8 Å². The highest BCUT2D eigenvalue weighted by Crippen LogP contribution is 2.22. The normalized spacial score (nSPS) is 11.2. The van der Waals surface area contributed by atoms with Crippen LogP contribution in [0.15, 0.2) is 11.4 Å². The Morgan fingerprint density at radius 2 is 2.23 bits per heavy atom. The van der Waals surface area contributed by atoms with E-state index in [1.54, 1.807) is 0 Å². The third-order valence-electron chi connectivity index (χ3n) is 0.982. The molecule has 0 saturated heterocycles. The van der Waals surface area contributed by atoms with Crippen LogP contribution < -0.4 is 4.18 Å². The number of halogens is 1. The van der Waals surface area contributed by atoms with Gasteiger partial charge in [-0.15, -0.1) is 11.3 Å². The fourth-order valence-corrected chi connectivity index (χ4v) is 1.62. The molecule has 0 bridgehead atoms. The first-order valence-corrected chi connectivity index (χ1v) is 5.03. The topological polar surface area (TPSA) is 80.7 Å². The number of hydrogen-bond acceptors (Lipinski definition) is 5. The summed E-state index contributed by atoms with van der Waals surface area (Å²) in [5, 5.41) is 9.49. The van der Waals surface area contributed by atoms with Gasteiger partial charge >= 0.3 is 16.5 Å². The first kappa shape index (κ1) is 9.93. The van der Waals surface area contributed by atoms with E-state index in [9.17, 15) is 17.1 Å². The lowest BCUT2D eigenvalue weighted by Gasteiger charge is -1.92. The summed E-state index contributed by atoms with van der Waals surface area (Å²) < 4.78 is 35.6. The Labute approximate surface area is 76.8 Å². The highest BCUT2D eigenvalue weighted by atomic mass is 32.3. The molecule has 1 heterocycles. The monoisotopic (exact) mass is 226 g/mol. The Morgan fingerprint density at radius 3 is 2.62 bits per heavy atom. The van der Waals surface area contributed by atoms with Gasteiger partial charge < -0.3 is 9.29 Å². The predicted octanol–water partition coefficient (Wildman–Crippen LogP) is 1.04. The first-order valence-electron chi connectivity index (χ1n) is 2.84. The van der Waals surface area contributed by atoms with Gasteiger partial charge in [0.15, 0.2) is 5.75 Å². The maximum Gasteiger partial charge on any atom is 0.488 e. The van der Waals surface area contributed by atoms with E-state index in [1.807, 2.05) is 0 Å². The molecule has 1 N–H and O–H groups in total. The van der Waals surface area contributed by atoms with Crippen LogP contribution in [-0.2, 0) is 10.5 Å². The van der Waals surface area contributed by atoms with Crippen molar-refractivity contribution in [3.8, 4) is 5.75 Å². The molecule has 0 aliphatic heterocycles. The number of carboxylic acids is 1. The van der Waals surface area contributed by atoms with Gasteiger partial charge in [-0.05, 0) is 0 Å². The molecule has 1 aromatic rings. The number of carboxylic acid groups (broad SMARTS) is 1. The predicted molar refractivity (Wildman–Crippen MR) is 41.9 cm³/mol. The minimum atomic E-state index is -5.08. The summed E-state index contributed by atoms with van der Waals surface area (Å²) in [7, 11) is -5.08. The molecule has 0 spiro atoms. The molecule has 0 fully saturated rings. The van der Waals surface area contributed by atoms with Crippen LogP contribution in [0, 0.1) is 0 Å². The molecule has 0 saturated carbocycles. The van der Waals surface area contributed by atoms with E-state index in [-0.39, 0.29) is 10.6 Å². The Bertz CT molecular complexity index is 420. The highest BCUT2D eigenvalue weighted by Gasteiger charge is 2.13. The van der Waals surface area contributed by atoms with Gasteiger partial charge in [-0.2, -0.15) is 8.42 Å². The number of aromatic carboxylic acids is 1. The van der Waals surface area contributed by atoms with Gasteiger partial charge in [0.05, 0.1) is 0 Å². The molecule has 1 rings (SSSR count). The van der Waals surface area contributed by atoms with Crippen LogP contribution in [0.25, 0.3) is 0 Å². The lowest BCUT2D eigenvalue weighted by atomic mass is 10.5. The molecule has 72 valence electrons. The molecule has 5 nitrogen and oxygen atoms in total. The molecule has 1 aromatic heterocycles. The van der Waals surface area contributed by atoms with Crippen LogP contribution in [0.3, 0.4) is 0 Å². The second-order valence-corrected chi connectivity index (χ2v) is 3.79. The molecule has 0 amide bonds. The molecule has 0 aromatic carbocycles. The Hall–Kier alpha value is -1.15. The van der Waals surface area contributed by atoms with Crippen molar-refractivity contribution in [2.45, 2.75) is 0 Å². The Kier molecular flexibility index (Phi) is 2.52. The molecular formula is C5H3FO5S2. The summed E-state index contributed by atoms with van der Waals surface area (Å²) in [6.45, 7) is 0. The van der Waals surface area contributed by atoms with Gasteiger partial charge in [-0.25, -0.2) is 4.79 Å². The Balaban J connectivity index is 2.87. The van der Waals surface area contributed by atoms with Crippen molar-refractivity contribution in [1.29, 1.82) is 0 Å².